The van der Waals surface area contributed by atoms with Crippen LogP contribution in [0.2, 0.25) is 0 Å². The fraction of sp³-hybridized carbons (Fsp3) is 0.576. The van der Waals surface area contributed by atoms with E-state index in [0.717, 1.165) is 128 Å². The van der Waals surface area contributed by atoms with E-state index in [1.54, 1.807) is 0 Å². The fourth-order valence-corrected chi connectivity index (χ4v) is 13.8. The maximum Gasteiger partial charge on any atom is 0.345 e. The van der Waals surface area contributed by atoms with E-state index < -0.39 is 5.97 Å². The highest BCUT2D eigenvalue weighted by molar-refractivity contribution is 6.13. The zero-order valence-electron chi connectivity index (χ0n) is 41.9. The molecule has 8 rings (SSSR count). The van der Waals surface area contributed by atoms with Crippen molar-refractivity contribution in [1.82, 2.24) is 5.32 Å². The molecule has 0 saturated heterocycles. The zero-order chi connectivity index (χ0) is 47.5. The molecule has 3 aromatic carbocycles. The molecule has 8 heteroatoms. The second kappa shape index (κ2) is 20.5. The number of carbonyl (C=O) groups excluding carboxylic acids is 4. The summed E-state index contributed by atoms with van der Waals surface area (Å²) in [6.45, 7) is 17.8. The average Bonchev–Trinajstić information content (AvgIpc) is 3.62. The lowest BCUT2D eigenvalue weighted by Crippen LogP contribution is -2.53. The van der Waals surface area contributed by atoms with E-state index in [9.17, 15) is 19.2 Å². The van der Waals surface area contributed by atoms with Gasteiger partial charge in [0, 0.05) is 55.3 Å². The summed E-state index contributed by atoms with van der Waals surface area (Å²) >= 11 is 0. The molecule has 67 heavy (non-hydrogen) atoms. The number of benzene rings is 3. The number of hydrogen-bond donors (Lipinski definition) is 1. The summed E-state index contributed by atoms with van der Waals surface area (Å²) < 4.78 is 9.57. The zero-order valence-corrected chi connectivity index (χ0v) is 41.9. The SMILES string of the molecule is CCCC[n+]1c2ccccc2c(C(=O)Oc2c(C)cc(C(=O)NCCC[N+](C)(CCCC)CCCCCC3CC4=CC(=O)CC[C@]4(C)C4CC[C@]5(C)C(=O)CCC5C34)cc2C)c2ccccc21. The van der Waals surface area contributed by atoms with Crippen LogP contribution in [0.4, 0.5) is 0 Å². The van der Waals surface area contributed by atoms with Crippen LogP contribution in [0.5, 0.6) is 5.75 Å². The van der Waals surface area contributed by atoms with Crippen LogP contribution in [0, 0.1) is 48.3 Å². The number of esters is 1. The number of fused-ring (bicyclic) bond motifs is 7. The number of ether oxygens (including phenoxy) is 1. The topological polar surface area (TPSA) is 93.4 Å². The van der Waals surface area contributed by atoms with Crippen molar-refractivity contribution in [3.05, 3.63) is 94.6 Å². The lowest BCUT2D eigenvalue weighted by molar-refractivity contribution is -0.910. The summed E-state index contributed by atoms with van der Waals surface area (Å²) in [4.78, 5) is 53.8. The number of rotatable bonds is 19. The van der Waals surface area contributed by atoms with Gasteiger partial charge in [0.2, 0.25) is 11.0 Å². The molecule has 1 N–H and O–H groups in total. The van der Waals surface area contributed by atoms with Gasteiger partial charge in [-0.1, -0.05) is 76.8 Å². The van der Waals surface area contributed by atoms with Crippen molar-refractivity contribution in [1.29, 1.82) is 0 Å². The number of carbonyl (C=O) groups is 4. The third-order valence-electron chi connectivity index (χ3n) is 17.6. The normalized spacial score (nSPS) is 25.6. The number of unbranched alkanes of at least 4 members (excludes halogenated alkanes) is 4. The number of allylic oxidation sites excluding steroid dienone is 1. The lowest BCUT2D eigenvalue weighted by Gasteiger charge is -2.59. The van der Waals surface area contributed by atoms with Gasteiger partial charge in [-0.25, -0.2) is 4.79 Å². The molecule has 5 unspecified atom stereocenters. The average molecular weight is 910 g/mol. The minimum absolute atomic E-state index is 0.109. The van der Waals surface area contributed by atoms with Crippen molar-refractivity contribution in [2.45, 2.75) is 151 Å². The first-order chi connectivity index (χ1) is 32.2. The monoisotopic (exact) mass is 910 g/mol. The van der Waals surface area contributed by atoms with Crippen LogP contribution < -0.4 is 14.6 Å². The summed E-state index contributed by atoms with van der Waals surface area (Å²) in [5.74, 6) is 3.04. The number of aromatic nitrogens is 1. The van der Waals surface area contributed by atoms with E-state index in [1.165, 1.54) is 37.7 Å². The molecule has 0 bridgehead atoms. The van der Waals surface area contributed by atoms with Crippen LogP contribution in [0.25, 0.3) is 21.8 Å². The number of aryl methyl sites for hydroxylation is 3. The second-order valence-corrected chi connectivity index (χ2v) is 22.1. The first-order valence-electron chi connectivity index (χ1n) is 26.3. The van der Waals surface area contributed by atoms with Gasteiger partial charge < -0.3 is 14.5 Å². The van der Waals surface area contributed by atoms with Crippen molar-refractivity contribution in [2.75, 3.05) is 33.2 Å². The van der Waals surface area contributed by atoms with Crippen LogP contribution in [0.15, 0.2) is 72.3 Å². The molecule has 4 aliphatic rings. The number of ketones is 2. The van der Waals surface area contributed by atoms with Gasteiger partial charge in [-0.2, -0.15) is 4.57 Å². The number of quaternary nitrogens is 1. The summed E-state index contributed by atoms with van der Waals surface area (Å²) in [5.41, 5.74) is 6.04. The van der Waals surface area contributed by atoms with Gasteiger partial charge in [-0.05, 0) is 142 Å². The molecular formula is C59H79N3O5+2. The van der Waals surface area contributed by atoms with Crippen molar-refractivity contribution in [3.8, 4) is 5.75 Å². The number of nitrogens with zero attached hydrogens (tertiary/aromatic N) is 2. The minimum Gasteiger partial charge on any atom is -0.422 e. The van der Waals surface area contributed by atoms with E-state index in [4.69, 9.17) is 4.74 Å². The van der Waals surface area contributed by atoms with Crippen LogP contribution >= 0.6 is 0 Å². The molecule has 0 spiro atoms. The molecule has 4 aliphatic carbocycles. The van der Waals surface area contributed by atoms with Crippen LogP contribution in [-0.4, -0.2) is 61.2 Å². The highest BCUT2D eigenvalue weighted by Crippen LogP contribution is 2.66. The minimum atomic E-state index is -0.400. The van der Waals surface area contributed by atoms with E-state index >= 15 is 0 Å². The Bertz CT molecular complexity index is 2460. The van der Waals surface area contributed by atoms with Gasteiger partial charge in [-0.3, -0.25) is 14.4 Å². The standard InChI is InChI=1S/C59H78N3O5/c1-8-10-32-61-50-23-16-14-21-46(50)54(47-22-15-17-24-51(47)61)57(66)67-55-40(3)36-43(37-41(55)4)56(65)60-31-19-35-62(7,33-11-9-2)34-18-12-13-20-42-38-44-39-45(63)27-29-58(44,5)49-28-30-59(6)48(53(42)49)25-26-52(59)64/h14-17,21-24,36-37,39,42,48-49,53H,8-13,18-20,25-35,38H2,1-7H3/q+1/p+1/t42?,48?,49?,53?,58-,59-,62?/m0/s1. The molecule has 8 nitrogen and oxygen atoms in total. The molecule has 4 aromatic rings. The Labute approximate surface area is 400 Å². The van der Waals surface area contributed by atoms with E-state index in [1.807, 2.05) is 68.5 Å². The highest BCUT2D eigenvalue weighted by atomic mass is 16.5. The first kappa shape index (κ1) is 48.8. The Hall–Kier alpha value is -4.69. The molecule has 1 aromatic heterocycles. The molecule has 3 saturated carbocycles. The van der Waals surface area contributed by atoms with Crippen molar-refractivity contribution < 1.29 is 33.0 Å². The molecule has 0 aliphatic heterocycles. The maximum absolute atomic E-state index is 14.2. The Balaban J connectivity index is 0.856. The largest absolute Gasteiger partial charge is 0.422 e. The molecule has 358 valence electrons. The second-order valence-electron chi connectivity index (χ2n) is 22.1. The smallest absolute Gasteiger partial charge is 0.345 e. The van der Waals surface area contributed by atoms with Crippen LogP contribution in [0.1, 0.15) is 162 Å². The quantitative estimate of drug-likeness (QED) is 0.0253. The maximum atomic E-state index is 14.2. The van der Waals surface area contributed by atoms with Crippen molar-refractivity contribution >= 4 is 45.2 Å². The summed E-state index contributed by atoms with van der Waals surface area (Å²) in [6.07, 6.45) is 18.8. The predicted molar refractivity (Wildman–Crippen MR) is 269 cm³/mol. The van der Waals surface area contributed by atoms with Gasteiger partial charge in [-0.15, -0.1) is 0 Å². The third kappa shape index (κ3) is 9.80. The molecule has 7 atom stereocenters. The number of nitrogens with one attached hydrogen (secondary N) is 1. The lowest BCUT2D eigenvalue weighted by atomic mass is 9.44. The highest BCUT2D eigenvalue weighted by Gasteiger charge is 2.61. The third-order valence-corrected chi connectivity index (χ3v) is 17.6. The van der Waals surface area contributed by atoms with Gasteiger partial charge in [0.05, 0.1) is 43.0 Å². The van der Waals surface area contributed by atoms with Crippen LogP contribution in [-0.2, 0) is 16.1 Å². The molecule has 3 fully saturated rings. The Morgan fingerprint density at radius 3 is 2.10 bits per heavy atom. The van der Waals surface area contributed by atoms with Crippen molar-refractivity contribution in [3.63, 3.8) is 0 Å². The predicted octanol–water partition coefficient (Wildman–Crippen LogP) is 12.2. The van der Waals surface area contributed by atoms with Gasteiger partial charge in [0.25, 0.3) is 5.91 Å². The Morgan fingerprint density at radius 1 is 0.776 bits per heavy atom. The number of Topliss-reactive ketones (excluding diaryl/α,β-unsaturated/α-hetero) is 1. The van der Waals surface area contributed by atoms with Crippen LogP contribution in [0.3, 0.4) is 0 Å². The number of hydrogen-bond acceptors (Lipinski definition) is 5. The van der Waals surface area contributed by atoms with Crippen molar-refractivity contribution in [2.24, 2.45) is 34.5 Å². The van der Waals surface area contributed by atoms with Gasteiger partial charge >= 0.3 is 5.97 Å². The Morgan fingerprint density at radius 2 is 1.42 bits per heavy atom. The van der Waals surface area contributed by atoms with E-state index in [0.29, 0.717) is 65.1 Å². The molecule has 1 amide bonds. The van der Waals surface area contributed by atoms with Gasteiger partial charge in [0.1, 0.15) is 18.1 Å². The van der Waals surface area contributed by atoms with E-state index in [2.05, 4.69) is 56.8 Å². The number of para-hydroxylation sites is 2. The fourth-order valence-electron chi connectivity index (χ4n) is 13.8. The summed E-state index contributed by atoms with van der Waals surface area (Å²) in [5, 5.41) is 4.94. The summed E-state index contributed by atoms with van der Waals surface area (Å²) in [6, 6.07) is 19.8. The number of pyridine rings is 1. The molecule has 0 radical (unpaired) electrons. The number of amides is 1. The first-order valence-corrected chi connectivity index (χ1v) is 26.3. The van der Waals surface area contributed by atoms with Gasteiger partial charge in [0.15, 0.2) is 5.78 Å². The summed E-state index contributed by atoms with van der Waals surface area (Å²) in [7, 11) is 2.40. The Kier molecular flexibility index (Phi) is 14.9. The van der Waals surface area contributed by atoms with E-state index in [-0.39, 0.29) is 16.7 Å². The molecule has 1 heterocycles. The molecular weight excluding hydrogens is 831 g/mol.